The first-order chi connectivity index (χ1) is 17.1. The van der Waals surface area contributed by atoms with Crippen LogP contribution in [0.3, 0.4) is 0 Å². The number of aromatic nitrogens is 1. The molecule has 1 amide bonds. The first-order valence-corrected chi connectivity index (χ1v) is 11.4. The van der Waals surface area contributed by atoms with Gasteiger partial charge in [0.2, 0.25) is 0 Å². The van der Waals surface area contributed by atoms with Gasteiger partial charge in [0, 0.05) is 51.0 Å². The zero-order valence-corrected chi connectivity index (χ0v) is 20.8. The minimum atomic E-state index is -3.17. The van der Waals surface area contributed by atoms with E-state index in [1.54, 1.807) is 49.9 Å². The molecule has 3 rings (SSSR count). The molecule has 1 N–H and O–H groups in total. The molecule has 0 aromatic carbocycles. The number of halogens is 2. The number of ether oxygens (including phenoxy) is 2. The van der Waals surface area contributed by atoms with Crippen molar-refractivity contribution in [3.05, 3.63) is 70.8 Å². The quantitative estimate of drug-likeness (QED) is 0.591. The summed E-state index contributed by atoms with van der Waals surface area (Å²) in [6, 6.07) is 5.79. The van der Waals surface area contributed by atoms with Crippen LogP contribution in [0.25, 0.3) is 5.70 Å². The van der Waals surface area contributed by atoms with E-state index in [4.69, 9.17) is 9.47 Å². The molecule has 1 aliphatic carbocycles. The van der Waals surface area contributed by atoms with Crippen LogP contribution in [-0.4, -0.2) is 60.9 Å². The highest BCUT2D eigenvalue weighted by atomic mass is 19.3. The fourth-order valence-electron chi connectivity index (χ4n) is 4.00. The number of likely N-dealkylation sites (tertiary alicyclic amines) is 1. The Bertz CT molecular complexity index is 1250. The molecule has 0 atom stereocenters. The fourth-order valence-corrected chi connectivity index (χ4v) is 4.00. The highest BCUT2D eigenvalue weighted by Crippen LogP contribution is 2.33. The van der Waals surface area contributed by atoms with Crippen LogP contribution >= 0.6 is 0 Å². The van der Waals surface area contributed by atoms with Crippen LogP contribution in [0.1, 0.15) is 25.8 Å². The van der Waals surface area contributed by atoms with Crippen molar-refractivity contribution in [2.75, 3.05) is 33.9 Å². The van der Waals surface area contributed by atoms with Crippen LogP contribution in [0, 0.1) is 17.2 Å². The minimum Gasteiger partial charge on any atom is -0.500 e. The van der Waals surface area contributed by atoms with Crippen LogP contribution in [-0.2, 0) is 19.7 Å². The summed E-state index contributed by atoms with van der Waals surface area (Å²) < 4.78 is 38.7. The summed E-state index contributed by atoms with van der Waals surface area (Å²) >= 11 is 0. The summed E-state index contributed by atoms with van der Waals surface area (Å²) in [5.74, 6) is -0.714. The van der Waals surface area contributed by atoms with Crippen molar-refractivity contribution in [1.29, 1.82) is 5.26 Å². The van der Waals surface area contributed by atoms with Gasteiger partial charge in [-0.2, -0.15) is 14.0 Å². The van der Waals surface area contributed by atoms with Gasteiger partial charge >= 0.3 is 6.61 Å². The van der Waals surface area contributed by atoms with Gasteiger partial charge in [-0.1, -0.05) is 12.7 Å². The number of rotatable bonds is 8. The van der Waals surface area contributed by atoms with Gasteiger partial charge < -0.3 is 24.0 Å². The third-order valence-corrected chi connectivity index (χ3v) is 6.29. The van der Waals surface area contributed by atoms with Crippen molar-refractivity contribution < 1.29 is 28.2 Å². The summed E-state index contributed by atoms with van der Waals surface area (Å²) in [7, 11) is 2.96. The molecule has 8 nitrogen and oxygen atoms in total. The van der Waals surface area contributed by atoms with Gasteiger partial charge in [0.1, 0.15) is 22.6 Å². The first-order valence-electron chi connectivity index (χ1n) is 11.4. The van der Waals surface area contributed by atoms with Gasteiger partial charge in [0.25, 0.3) is 5.91 Å². The molecule has 0 spiro atoms. The molecule has 2 heterocycles. The maximum atomic E-state index is 13.4. The number of amides is 1. The molecule has 0 saturated carbocycles. The third-order valence-electron chi connectivity index (χ3n) is 6.29. The molecule has 10 heteroatoms. The molecule has 192 valence electrons. The predicted molar refractivity (Wildman–Crippen MR) is 129 cm³/mol. The molecule has 1 fully saturated rings. The number of hydrogen-bond acceptors (Lipinski definition) is 6. The average molecular weight is 501 g/mol. The maximum absolute atomic E-state index is 13.4. The summed E-state index contributed by atoms with van der Waals surface area (Å²) in [6.45, 7) is 5.11. The summed E-state index contributed by atoms with van der Waals surface area (Å²) in [5, 5.41) is 18.8. The van der Waals surface area contributed by atoms with E-state index in [9.17, 15) is 23.9 Å². The second-order valence-corrected chi connectivity index (χ2v) is 9.06. The van der Waals surface area contributed by atoms with Crippen LogP contribution in [0.15, 0.2) is 64.7 Å². The monoisotopic (exact) mass is 500 g/mol. The number of allylic oxidation sites excluding steroid dienone is 4. The number of hydrogen-bond donors (Lipinski definition) is 1. The number of carbonyl (C=O) groups excluding carboxylic acids is 1. The second kappa shape index (κ2) is 10.9. The Labute approximate surface area is 208 Å². The third kappa shape index (κ3) is 5.41. The molecule has 0 radical (unpaired) electrons. The number of pyridine rings is 1. The number of carbonyl (C=O) groups is 1. The Hall–Kier alpha value is -3.71. The van der Waals surface area contributed by atoms with Gasteiger partial charge in [0.15, 0.2) is 0 Å². The van der Waals surface area contributed by atoms with E-state index >= 15 is 0 Å². The van der Waals surface area contributed by atoms with Gasteiger partial charge in [-0.15, -0.1) is 0 Å². The molecule has 1 aromatic rings. The Morgan fingerprint density at radius 3 is 2.67 bits per heavy atom. The Morgan fingerprint density at radius 1 is 1.42 bits per heavy atom. The SMILES string of the molecule is C=C(C1=CCC(OC)=C(C(=O)N2CC(CO)C2)C(OC(F)F)=C1)n1ccc(C(C)(C)C#N)cc1=NC. The lowest BCUT2D eigenvalue weighted by Crippen LogP contribution is -2.52. The maximum Gasteiger partial charge on any atom is 0.387 e. The van der Waals surface area contributed by atoms with Crippen molar-refractivity contribution >= 4 is 11.6 Å². The van der Waals surface area contributed by atoms with Gasteiger partial charge in [0.05, 0.1) is 18.6 Å². The normalized spacial score (nSPS) is 17.2. The Kier molecular flexibility index (Phi) is 8.15. The predicted octanol–water partition coefficient (Wildman–Crippen LogP) is 3.09. The van der Waals surface area contributed by atoms with Crippen LogP contribution < -0.4 is 5.49 Å². The van der Waals surface area contributed by atoms with E-state index in [0.717, 1.165) is 5.56 Å². The molecule has 2 aliphatic rings. The lowest BCUT2D eigenvalue weighted by molar-refractivity contribution is -0.136. The second-order valence-electron chi connectivity index (χ2n) is 9.06. The lowest BCUT2D eigenvalue weighted by atomic mass is 9.87. The fraction of sp³-hybridized carbons (Fsp3) is 0.423. The van der Waals surface area contributed by atoms with Crippen molar-refractivity contribution in [3.63, 3.8) is 0 Å². The highest BCUT2D eigenvalue weighted by Gasteiger charge is 2.36. The Morgan fingerprint density at radius 2 is 2.11 bits per heavy atom. The largest absolute Gasteiger partial charge is 0.500 e. The molecule has 1 aliphatic heterocycles. The molecular formula is C26H30F2N4O4. The van der Waals surface area contributed by atoms with E-state index in [-0.39, 0.29) is 36.0 Å². The van der Waals surface area contributed by atoms with Crippen LogP contribution in [0.4, 0.5) is 8.78 Å². The Balaban J connectivity index is 2.04. The van der Waals surface area contributed by atoms with E-state index in [1.165, 1.54) is 18.1 Å². The average Bonchev–Trinajstić information content (AvgIpc) is 3.01. The molecule has 0 unspecified atom stereocenters. The smallest absolute Gasteiger partial charge is 0.387 e. The van der Waals surface area contributed by atoms with Crippen molar-refractivity contribution in [2.45, 2.75) is 32.3 Å². The van der Waals surface area contributed by atoms with Crippen molar-refractivity contribution in [1.82, 2.24) is 9.47 Å². The summed E-state index contributed by atoms with van der Waals surface area (Å²) in [4.78, 5) is 19.0. The van der Waals surface area contributed by atoms with E-state index < -0.39 is 17.9 Å². The number of nitrogens with zero attached hydrogens (tertiary/aromatic N) is 4. The van der Waals surface area contributed by atoms with E-state index in [0.29, 0.717) is 29.8 Å². The summed E-state index contributed by atoms with van der Waals surface area (Å²) in [5.41, 5.74) is 1.27. The number of aliphatic hydroxyl groups is 1. The molecular weight excluding hydrogens is 470 g/mol. The molecule has 1 aromatic heterocycles. The summed E-state index contributed by atoms with van der Waals surface area (Å²) in [6.07, 6.45) is 4.89. The van der Waals surface area contributed by atoms with E-state index in [2.05, 4.69) is 17.6 Å². The molecule has 0 bridgehead atoms. The van der Waals surface area contributed by atoms with Crippen LogP contribution in [0.5, 0.6) is 0 Å². The van der Waals surface area contributed by atoms with Gasteiger partial charge in [-0.05, 0) is 43.2 Å². The highest BCUT2D eigenvalue weighted by molar-refractivity contribution is 5.99. The number of alkyl halides is 2. The lowest BCUT2D eigenvalue weighted by Gasteiger charge is -2.39. The standard InChI is InChI=1S/C26H30F2N4O4/c1-16(32-9-8-19(11-22(32)30-4)26(2,3)15-29)18-6-7-20(35-5)23(21(10-18)36-25(27)28)24(34)31-12-17(13-31)14-33/h6,8-11,17,25,33H,1,7,12-14H2,2-5H3. The molecule has 1 saturated heterocycles. The zero-order chi connectivity index (χ0) is 26.6. The van der Waals surface area contributed by atoms with E-state index in [1.807, 2.05) is 0 Å². The number of aliphatic hydroxyl groups excluding tert-OH is 1. The van der Waals surface area contributed by atoms with Crippen molar-refractivity contribution in [2.24, 2.45) is 10.9 Å². The van der Waals surface area contributed by atoms with Crippen molar-refractivity contribution in [3.8, 4) is 6.07 Å². The zero-order valence-electron chi connectivity index (χ0n) is 20.8. The van der Waals surface area contributed by atoms with Gasteiger partial charge in [-0.3, -0.25) is 9.79 Å². The first kappa shape index (κ1) is 26.9. The number of methoxy groups -OCH3 is 1. The number of nitriles is 1. The molecule has 36 heavy (non-hydrogen) atoms. The van der Waals surface area contributed by atoms with Crippen LogP contribution in [0.2, 0.25) is 0 Å². The van der Waals surface area contributed by atoms with Gasteiger partial charge in [-0.25, -0.2) is 0 Å². The minimum absolute atomic E-state index is 0.0511. The topological polar surface area (TPSA) is 100 Å².